The molecule has 0 spiro atoms. The lowest BCUT2D eigenvalue weighted by atomic mass is 9.74. The molecule has 1 aliphatic heterocycles. The second kappa shape index (κ2) is 4.60. The van der Waals surface area contributed by atoms with Crippen LogP contribution in [0.4, 0.5) is 8.78 Å². The maximum atomic E-state index is 12.6. The third-order valence-electron chi connectivity index (χ3n) is 2.92. The molecule has 0 aromatic heterocycles. The number of piperidine rings is 1. The molecule has 0 aromatic carbocycles. The van der Waals surface area contributed by atoms with Crippen LogP contribution in [0.15, 0.2) is 11.7 Å². The van der Waals surface area contributed by atoms with Crippen LogP contribution in [0.1, 0.15) is 33.6 Å². The molecule has 0 amide bonds. The fourth-order valence-electron chi connectivity index (χ4n) is 2.91. The largest absolute Gasteiger partial charge is 0.302 e. The fourth-order valence-corrected chi connectivity index (χ4v) is 2.91. The summed E-state index contributed by atoms with van der Waals surface area (Å²) in [6.07, 6.45) is 0.0860. The minimum absolute atomic E-state index is 0.0138. The lowest BCUT2D eigenvalue weighted by molar-refractivity contribution is 0.130. The van der Waals surface area contributed by atoms with Crippen molar-refractivity contribution in [1.29, 1.82) is 0 Å². The van der Waals surface area contributed by atoms with Gasteiger partial charge in [0, 0.05) is 18.7 Å². The Morgan fingerprint density at radius 1 is 1.47 bits per heavy atom. The molecule has 0 radical (unpaired) electrons. The van der Waals surface area contributed by atoms with E-state index in [0.29, 0.717) is 24.5 Å². The number of likely N-dealkylation sites (N-methyl/N-ethyl adjacent to an activating group) is 1. The zero-order chi connectivity index (χ0) is 11.6. The Kier molecular flexibility index (Phi) is 3.87. The van der Waals surface area contributed by atoms with Crippen LogP contribution in [0.25, 0.3) is 0 Å². The van der Waals surface area contributed by atoms with E-state index in [1.54, 1.807) is 0 Å². The molecular weight excluding hydrogens is 196 g/mol. The van der Waals surface area contributed by atoms with E-state index in [1.165, 1.54) is 0 Å². The first-order valence-corrected chi connectivity index (χ1v) is 5.54. The van der Waals surface area contributed by atoms with E-state index in [0.717, 1.165) is 13.0 Å². The Labute approximate surface area is 91.1 Å². The van der Waals surface area contributed by atoms with Gasteiger partial charge in [-0.2, -0.15) is 8.78 Å². The topological polar surface area (TPSA) is 3.24 Å². The van der Waals surface area contributed by atoms with Crippen molar-refractivity contribution in [1.82, 2.24) is 4.90 Å². The third kappa shape index (κ3) is 3.56. The van der Waals surface area contributed by atoms with Gasteiger partial charge >= 0.3 is 0 Å². The first-order valence-electron chi connectivity index (χ1n) is 5.54. The molecule has 1 nitrogen and oxygen atoms in total. The van der Waals surface area contributed by atoms with E-state index in [4.69, 9.17) is 0 Å². The van der Waals surface area contributed by atoms with Gasteiger partial charge < -0.3 is 4.90 Å². The van der Waals surface area contributed by atoms with Gasteiger partial charge in [-0.05, 0) is 31.2 Å². The highest BCUT2D eigenvalue weighted by Gasteiger charge is 2.34. The Balaban J connectivity index is 2.79. The summed E-state index contributed by atoms with van der Waals surface area (Å²) in [5.74, 6) is 0.561. The first-order chi connectivity index (χ1) is 6.82. The van der Waals surface area contributed by atoms with Gasteiger partial charge in [0.1, 0.15) is 0 Å². The van der Waals surface area contributed by atoms with Gasteiger partial charge in [0.15, 0.2) is 0 Å². The number of hydrogen-bond donors (Lipinski definition) is 0. The molecule has 3 heteroatoms. The lowest BCUT2D eigenvalue weighted by Gasteiger charge is -2.41. The fraction of sp³-hybridized carbons (Fsp3) is 0.833. The summed E-state index contributed by atoms with van der Waals surface area (Å²) in [7, 11) is 1.92. The molecule has 1 heterocycles. The highest BCUT2D eigenvalue weighted by molar-refractivity contribution is 5.12. The molecular formula is C12H21F2N. The van der Waals surface area contributed by atoms with Crippen LogP contribution in [0.3, 0.4) is 0 Å². The zero-order valence-electron chi connectivity index (χ0n) is 10.1. The standard InChI is InChI=1S/C12H21F2N/c1-9(2)5-12(3)6-10(11(13)14)7-15(4)8-12/h9H,5-8H2,1-4H3/t12-/m0/s1. The Bertz CT molecular complexity index is 252. The van der Waals surface area contributed by atoms with Crippen LogP contribution >= 0.6 is 0 Å². The van der Waals surface area contributed by atoms with Gasteiger partial charge in [-0.3, -0.25) is 0 Å². The van der Waals surface area contributed by atoms with Crippen molar-refractivity contribution in [2.24, 2.45) is 11.3 Å². The Morgan fingerprint density at radius 3 is 2.53 bits per heavy atom. The average Bonchev–Trinajstić information content (AvgIpc) is 1.98. The highest BCUT2D eigenvalue weighted by atomic mass is 19.3. The van der Waals surface area contributed by atoms with Crippen LogP contribution < -0.4 is 0 Å². The summed E-state index contributed by atoms with van der Waals surface area (Å²) < 4.78 is 25.3. The van der Waals surface area contributed by atoms with Crippen LogP contribution in [-0.2, 0) is 0 Å². The number of rotatable bonds is 2. The molecule has 0 N–H and O–H groups in total. The van der Waals surface area contributed by atoms with Gasteiger partial charge in [0.05, 0.1) is 0 Å². The number of halogens is 2. The molecule has 1 atom stereocenters. The summed E-state index contributed by atoms with van der Waals surface area (Å²) in [5, 5.41) is 0. The minimum Gasteiger partial charge on any atom is -0.302 e. The summed E-state index contributed by atoms with van der Waals surface area (Å²) >= 11 is 0. The molecule has 15 heavy (non-hydrogen) atoms. The van der Waals surface area contributed by atoms with Gasteiger partial charge in [-0.25, -0.2) is 0 Å². The highest BCUT2D eigenvalue weighted by Crippen LogP contribution is 2.38. The van der Waals surface area contributed by atoms with Crippen molar-refractivity contribution in [2.75, 3.05) is 20.1 Å². The van der Waals surface area contributed by atoms with E-state index in [9.17, 15) is 8.78 Å². The van der Waals surface area contributed by atoms with Gasteiger partial charge in [0.25, 0.3) is 6.08 Å². The van der Waals surface area contributed by atoms with E-state index in [1.807, 2.05) is 11.9 Å². The second-order valence-corrected chi connectivity index (χ2v) is 5.62. The van der Waals surface area contributed by atoms with E-state index >= 15 is 0 Å². The Morgan fingerprint density at radius 2 is 2.07 bits per heavy atom. The van der Waals surface area contributed by atoms with E-state index in [2.05, 4.69) is 20.8 Å². The molecule has 1 rings (SSSR count). The molecule has 1 saturated heterocycles. The lowest BCUT2D eigenvalue weighted by Crippen LogP contribution is -2.41. The van der Waals surface area contributed by atoms with Crippen LogP contribution in [-0.4, -0.2) is 25.0 Å². The normalized spacial score (nSPS) is 28.6. The molecule has 0 aromatic rings. The summed E-state index contributed by atoms with van der Waals surface area (Å²) in [4.78, 5) is 2.00. The predicted octanol–water partition coefficient (Wildman–Crippen LogP) is 3.52. The van der Waals surface area contributed by atoms with Crippen LogP contribution in [0.5, 0.6) is 0 Å². The maximum Gasteiger partial charge on any atom is 0.270 e. The molecule has 0 bridgehead atoms. The van der Waals surface area contributed by atoms with Crippen molar-refractivity contribution in [3.05, 3.63) is 11.7 Å². The van der Waals surface area contributed by atoms with E-state index < -0.39 is 6.08 Å². The smallest absolute Gasteiger partial charge is 0.270 e. The predicted molar refractivity (Wildman–Crippen MR) is 58.9 cm³/mol. The van der Waals surface area contributed by atoms with E-state index in [-0.39, 0.29) is 5.41 Å². The molecule has 88 valence electrons. The number of nitrogens with zero attached hydrogens (tertiary/aromatic N) is 1. The molecule has 1 aliphatic rings. The van der Waals surface area contributed by atoms with Crippen molar-refractivity contribution in [3.63, 3.8) is 0 Å². The van der Waals surface area contributed by atoms with Crippen molar-refractivity contribution in [3.8, 4) is 0 Å². The quantitative estimate of drug-likeness (QED) is 0.684. The van der Waals surface area contributed by atoms with Crippen LogP contribution in [0, 0.1) is 11.3 Å². The summed E-state index contributed by atoms with van der Waals surface area (Å²) in [6, 6.07) is 0. The minimum atomic E-state index is -1.48. The zero-order valence-corrected chi connectivity index (χ0v) is 10.1. The van der Waals surface area contributed by atoms with Crippen LogP contribution in [0.2, 0.25) is 0 Å². The van der Waals surface area contributed by atoms with Crippen molar-refractivity contribution >= 4 is 0 Å². The van der Waals surface area contributed by atoms with Gasteiger partial charge in [-0.1, -0.05) is 20.8 Å². The van der Waals surface area contributed by atoms with Crippen molar-refractivity contribution in [2.45, 2.75) is 33.6 Å². The van der Waals surface area contributed by atoms with Gasteiger partial charge in [0.2, 0.25) is 0 Å². The first kappa shape index (κ1) is 12.6. The SMILES string of the molecule is CC(C)C[C@@]1(C)CC(=C(F)F)CN(C)C1. The van der Waals surface area contributed by atoms with Gasteiger partial charge in [-0.15, -0.1) is 0 Å². The molecule has 0 saturated carbocycles. The third-order valence-corrected chi connectivity index (χ3v) is 2.92. The number of hydrogen-bond acceptors (Lipinski definition) is 1. The number of likely N-dealkylation sites (tertiary alicyclic amines) is 1. The molecule has 0 unspecified atom stereocenters. The molecule has 1 fully saturated rings. The Hall–Kier alpha value is -0.440. The van der Waals surface area contributed by atoms with Crippen molar-refractivity contribution < 1.29 is 8.78 Å². The second-order valence-electron chi connectivity index (χ2n) is 5.62. The summed E-state index contributed by atoms with van der Waals surface area (Å²) in [5.41, 5.74) is 0.340. The average molecular weight is 217 g/mol. The maximum absolute atomic E-state index is 12.6. The monoisotopic (exact) mass is 217 g/mol. The summed E-state index contributed by atoms with van der Waals surface area (Å²) in [6.45, 7) is 7.76. The molecule has 0 aliphatic carbocycles.